The fraction of sp³-hybridized carbons (Fsp3) is 0.0714. The van der Waals surface area contributed by atoms with Crippen LogP contribution in [-0.2, 0) is 0 Å². The Balaban J connectivity index is 2.20. The van der Waals surface area contributed by atoms with Gasteiger partial charge < -0.3 is 5.32 Å². The van der Waals surface area contributed by atoms with Crippen molar-refractivity contribution < 1.29 is 4.79 Å². The first kappa shape index (κ1) is 10.4. The molecule has 1 aliphatic rings. The number of aryl methyl sites for hydroxylation is 1. The molecule has 2 nitrogen and oxygen atoms in total. The lowest BCUT2D eigenvalue weighted by molar-refractivity contribution is 0.102. The van der Waals surface area contributed by atoms with Crippen LogP contribution in [0.3, 0.4) is 0 Å². The first-order valence-electron chi connectivity index (χ1n) is 5.43. The molecule has 17 heavy (non-hydrogen) atoms. The molecule has 84 valence electrons. The third kappa shape index (κ3) is 1.72. The van der Waals surface area contributed by atoms with Gasteiger partial charge in [0.25, 0.3) is 5.91 Å². The van der Waals surface area contributed by atoms with Crippen LogP contribution in [0.25, 0.3) is 0 Å². The summed E-state index contributed by atoms with van der Waals surface area (Å²) >= 11 is 1.64. The highest BCUT2D eigenvalue weighted by Gasteiger charge is 2.19. The molecule has 0 spiro atoms. The molecule has 0 saturated carbocycles. The van der Waals surface area contributed by atoms with Crippen molar-refractivity contribution in [2.45, 2.75) is 16.7 Å². The number of rotatable bonds is 0. The highest BCUT2D eigenvalue weighted by atomic mass is 32.2. The Hall–Kier alpha value is -1.74. The van der Waals surface area contributed by atoms with Gasteiger partial charge in [-0.1, -0.05) is 36.0 Å². The minimum atomic E-state index is -0.0267. The van der Waals surface area contributed by atoms with E-state index >= 15 is 0 Å². The number of fused-ring (bicyclic) bond motifs is 2. The van der Waals surface area contributed by atoms with Crippen molar-refractivity contribution in [2.75, 3.05) is 5.32 Å². The van der Waals surface area contributed by atoms with Gasteiger partial charge >= 0.3 is 0 Å². The van der Waals surface area contributed by atoms with Crippen LogP contribution in [0.5, 0.6) is 0 Å². The summed E-state index contributed by atoms with van der Waals surface area (Å²) in [5.41, 5.74) is 2.77. The SMILES string of the molecule is Cc1cccc2c1NC(=O)c1ccccc1S2. The highest BCUT2D eigenvalue weighted by Crippen LogP contribution is 2.39. The van der Waals surface area contributed by atoms with Crippen LogP contribution in [0, 0.1) is 6.92 Å². The predicted molar refractivity (Wildman–Crippen MR) is 69.7 cm³/mol. The van der Waals surface area contributed by atoms with Gasteiger partial charge in [0.1, 0.15) is 0 Å². The van der Waals surface area contributed by atoms with E-state index in [2.05, 4.69) is 5.32 Å². The van der Waals surface area contributed by atoms with E-state index in [1.54, 1.807) is 11.8 Å². The summed E-state index contributed by atoms with van der Waals surface area (Å²) in [5, 5.41) is 2.99. The zero-order valence-corrected chi connectivity index (χ0v) is 10.2. The number of benzene rings is 2. The second-order valence-electron chi connectivity index (χ2n) is 4.00. The normalized spacial score (nSPS) is 13.4. The van der Waals surface area contributed by atoms with Gasteiger partial charge in [-0.3, -0.25) is 4.79 Å². The number of carbonyl (C=O) groups is 1. The summed E-state index contributed by atoms with van der Waals surface area (Å²) < 4.78 is 0. The van der Waals surface area contributed by atoms with E-state index in [9.17, 15) is 4.79 Å². The number of carbonyl (C=O) groups excluding carboxylic acids is 1. The Morgan fingerprint density at radius 3 is 2.65 bits per heavy atom. The molecule has 1 N–H and O–H groups in total. The number of anilines is 1. The summed E-state index contributed by atoms with van der Waals surface area (Å²) in [6.07, 6.45) is 0. The van der Waals surface area contributed by atoms with Crippen molar-refractivity contribution in [2.24, 2.45) is 0 Å². The van der Waals surface area contributed by atoms with Crippen molar-refractivity contribution in [1.82, 2.24) is 0 Å². The Bertz CT molecular complexity index is 607. The molecule has 0 atom stereocenters. The summed E-state index contributed by atoms with van der Waals surface area (Å²) in [6.45, 7) is 2.01. The van der Waals surface area contributed by atoms with Crippen molar-refractivity contribution in [1.29, 1.82) is 0 Å². The second-order valence-corrected chi connectivity index (χ2v) is 5.08. The largest absolute Gasteiger partial charge is 0.321 e. The molecule has 0 radical (unpaired) electrons. The molecule has 0 fully saturated rings. The molecule has 1 aliphatic heterocycles. The smallest absolute Gasteiger partial charge is 0.256 e. The summed E-state index contributed by atoms with van der Waals surface area (Å²) in [4.78, 5) is 14.2. The summed E-state index contributed by atoms with van der Waals surface area (Å²) in [5.74, 6) is -0.0267. The number of hydrogen-bond donors (Lipinski definition) is 1. The fourth-order valence-corrected chi connectivity index (χ4v) is 3.04. The van der Waals surface area contributed by atoms with E-state index in [1.807, 2.05) is 49.4 Å². The van der Waals surface area contributed by atoms with Crippen LogP contribution in [0.15, 0.2) is 52.3 Å². The third-order valence-electron chi connectivity index (χ3n) is 2.82. The minimum absolute atomic E-state index is 0.0267. The molecule has 0 unspecified atom stereocenters. The molecule has 0 aromatic heterocycles. The topological polar surface area (TPSA) is 29.1 Å². The highest BCUT2D eigenvalue weighted by molar-refractivity contribution is 7.99. The standard InChI is InChI=1S/C14H11NOS/c1-9-5-4-8-12-13(9)15-14(16)10-6-2-3-7-11(10)17-12/h2-8H,1H3,(H,15,16). The van der Waals surface area contributed by atoms with E-state index in [0.717, 1.165) is 26.6 Å². The molecule has 2 aromatic rings. The maximum atomic E-state index is 12.1. The molecule has 3 heteroatoms. The van der Waals surface area contributed by atoms with Crippen molar-refractivity contribution >= 4 is 23.4 Å². The molecule has 0 bridgehead atoms. The molecule has 3 rings (SSSR count). The lowest BCUT2D eigenvalue weighted by atomic mass is 10.1. The number of para-hydroxylation sites is 1. The first-order chi connectivity index (χ1) is 8.25. The maximum absolute atomic E-state index is 12.1. The summed E-state index contributed by atoms with van der Waals surface area (Å²) in [6, 6.07) is 13.8. The van der Waals surface area contributed by atoms with Gasteiger partial charge in [0, 0.05) is 9.79 Å². The maximum Gasteiger partial charge on any atom is 0.256 e. The molecule has 0 aliphatic carbocycles. The molecular weight excluding hydrogens is 230 g/mol. The number of hydrogen-bond acceptors (Lipinski definition) is 2. The lowest BCUT2D eigenvalue weighted by Gasteiger charge is -2.08. The lowest BCUT2D eigenvalue weighted by Crippen LogP contribution is -2.12. The van der Waals surface area contributed by atoms with Crippen LogP contribution in [0.1, 0.15) is 15.9 Å². The van der Waals surface area contributed by atoms with Crippen LogP contribution >= 0.6 is 11.8 Å². The average molecular weight is 241 g/mol. The monoisotopic (exact) mass is 241 g/mol. The number of nitrogens with one attached hydrogen (secondary N) is 1. The zero-order chi connectivity index (χ0) is 11.8. The summed E-state index contributed by atoms with van der Waals surface area (Å²) in [7, 11) is 0. The van der Waals surface area contributed by atoms with E-state index in [-0.39, 0.29) is 5.91 Å². The quantitative estimate of drug-likeness (QED) is 0.761. The van der Waals surface area contributed by atoms with Crippen molar-refractivity contribution in [3.63, 3.8) is 0 Å². The Morgan fingerprint density at radius 1 is 1.00 bits per heavy atom. The van der Waals surface area contributed by atoms with E-state index < -0.39 is 0 Å². The average Bonchev–Trinajstić information content (AvgIpc) is 2.47. The molecule has 1 heterocycles. The Kier molecular flexibility index (Phi) is 2.41. The Morgan fingerprint density at radius 2 is 1.76 bits per heavy atom. The fourth-order valence-electron chi connectivity index (χ4n) is 1.93. The zero-order valence-electron chi connectivity index (χ0n) is 9.36. The van der Waals surface area contributed by atoms with Gasteiger partial charge in [-0.05, 0) is 30.7 Å². The van der Waals surface area contributed by atoms with E-state index in [4.69, 9.17) is 0 Å². The van der Waals surface area contributed by atoms with Gasteiger partial charge in [0.15, 0.2) is 0 Å². The van der Waals surface area contributed by atoms with Crippen molar-refractivity contribution in [3.8, 4) is 0 Å². The van der Waals surface area contributed by atoms with Crippen LogP contribution in [0.2, 0.25) is 0 Å². The number of amides is 1. The van der Waals surface area contributed by atoms with Gasteiger partial charge in [-0.15, -0.1) is 0 Å². The van der Waals surface area contributed by atoms with Gasteiger partial charge in [0.2, 0.25) is 0 Å². The Labute approximate surface area is 104 Å². The third-order valence-corrected chi connectivity index (χ3v) is 3.96. The molecular formula is C14H11NOS. The van der Waals surface area contributed by atoms with Gasteiger partial charge in [0.05, 0.1) is 11.3 Å². The van der Waals surface area contributed by atoms with Gasteiger partial charge in [-0.2, -0.15) is 0 Å². The second kappa shape index (κ2) is 3.93. The van der Waals surface area contributed by atoms with Crippen molar-refractivity contribution in [3.05, 3.63) is 53.6 Å². The predicted octanol–water partition coefficient (Wildman–Crippen LogP) is 3.71. The van der Waals surface area contributed by atoms with E-state index in [0.29, 0.717) is 0 Å². The molecule has 0 saturated heterocycles. The van der Waals surface area contributed by atoms with Gasteiger partial charge in [-0.25, -0.2) is 0 Å². The first-order valence-corrected chi connectivity index (χ1v) is 6.25. The van der Waals surface area contributed by atoms with Crippen LogP contribution in [-0.4, -0.2) is 5.91 Å². The van der Waals surface area contributed by atoms with E-state index in [1.165, 1.54) is 0 Å². The van der Waals surface area contributed by atoms with Crippen LogP contribution < -0.4 is 5.32 Å². The minimum Gasteiger partial charge on any atom is -0.321 e. The molecule has 1 amide bonds. The van der Waals surface area contributed by atoms with Crippen LogP contribution in [0.4, 0.5) is 5.69 Å². The molecule has 2 aromatic carbocycles.